The van der Waals surface area contributed by atoms with E-state index in [1.54, 1.807) is 11.3 Å². The lowest BCUT2D eigenvalue weighted by atomic mass is 10.4. The van der Waals surface area contributed by atoms with E-state index in [-0.39, 0.29) is 0 Å². The monoisotopic (exact) mass is 264 g/mol. The number of hydrogen-bond donors (Lipinski definition) is 1. The molecule has 2 aromatic rings. The molecule has 5 nitrogen and oxygen atoms in total. The molecule has 0 atom stereocenters. The van der Waals surface area contributed by atoms with Crippen LogP contribution in [0, 0.1) is 0 Å². The molecule has 3 rings (SSSR count). The van der Waals surface area contributed by atoms with E-state index in [2.05, 4.69) is 20.4 Å². The Balaban J connectivity index is 1.66. The minimum atomic E-state index is 0.632. The molecule has 96 valence electrons. The lowest BCUT2D eigenvalue weighted by molar-refractivity contribution is 0.255. The van der Waals surface area contributed by atoms with Gasteiger partial charge < -0.3 is 9.73 Å². The van der Waals surface area contributed by atoms with Gasteiger partial charge in [0.15, 0.2) is 0 Å². The fraction of sp³-hybridized carbons (Fsp3) is 0.500. The smallest absolute Gasteiger partial charge is 0.257 e. The van der Waals surface area contributed by atoms with Gasteiger partial charge in [-0.05, 0) is 31.0 Å². The Hall–Kier alpha value is -1.24. The number of thiophene rings is 1. The van der Waals surface area contributed by atoms with Crippen LogP contribution in [0.15, 0.2) is 21.9 Å². The highest BCUT2D eigenvalue weighted by Gasteiger charge is 2.14. The molecule has 0 radical (unpaired) electrons. The molecule has 0 aliphatic carbocycles. The van der Waals surface area contributed by atoms with Gasteiger partial charge in [0, 0.05) is 13.1 Å². The Morgan fingerprint density at radius 3 is 3.22 bits per heavy atom. The second-order valence-corrected chi connectivity index (χ2v) is 5.31. The van der Waals surface area contributed by atoms with Gasteiger partial charge in [0.1, 0.15) is 0 Å². The first-order valence-corrected chi connectivity index (χ1v) is 7.09. The maximum atomic E-state index is 5.70. The topological polar surface area (TPSA) is 54.2 Å². The molecular weight excluding hydrogens is 248 g/mol. The fourth-order valence-electron chi connectivity index (χ4n) is 2.07. The van der Waals surface area contributed by atoms with Crippen LogP contribution in [0.3, 0.4) is 0 Å². The summed E-state index contributed by atoms with van der Waals surface area (Å²) in [5.41, 5.74) is 0. The van der Waals surface area contributed by atoms with E-state index in [1.165, 1.54) is 6.42 Å². The predicted octanol–water partition coefficient (Wildman–Crippen LogP) is 1.59. The molecule has 1 fully saturated rings. The molecule has 3 heterocycles. The lowest BCUT2D eigenvalue weighted by Crippen LogP contribution is -2.27. The van der Waals surface area contributed by atoms with Crippen molar-refractivity contribution in [2.24, 2.45) is 0 Å². The number of aromatic nitrogens is 2. The van der Waals surface area contributed by atoms with Gasteiger partial charge in [0.05, 0.1) is 11.4 Å². The number of rotatable bonds is 3. The average molecular weight is 264 g/mol. The third kappa shape index (κ3) is 2.77. The quantitative estimate of drug-likeness (QED) is 0.912. The van der Waals surface area contributed by atoms with Crippen LogP contribution in [0.5, 0.6) is 0 Å². The first kappa shape index (κ1) is 11.8. The van der Waals surface area contributed by atoms with E-state index in [9.17, 15) is 0 Å². The summed E-state index contributed by atoms with van der Waals surface area (Å²) in [6, 6.07) is 3.99. The third-order valence-electron chi connectivity index (χ3n) is 2.99. The third-order valence-corrected chi connectivity index (χ3v) is 3.85. The molecule has 1 saturated heterocycles. The maximum Gasteiger partial charge on any atom is 0.257 e. The molecule has 0 unspecified atom stereocenters. The van der Waals surface area contributed by atoms with Crippen LogP contribution in [0.2, 0.25) is 0 Å². The Morgan fingerprint density at radius 2 is 2.33 bits per heavy atom. The number of hydrogen-bond acceptors (Lipinski definition) is 6. The van der Waals surface area contributed by atoms with Gasteiger partial charge in [0.25, 0.3) is 5.89 Å². The van der Waals surface area contributed by atoms with Crippen LogP contribution in [-0.4, -0.2) is 41.3 Å². The molecule has 6 heteroatoms. The second-order valence-electron chi connectivity index (χ2n) is 4.36. The van der Waals surface area contributed by atoms with E-state index in [1.807, 2.05) is 17.5 Å². The summed E-state index contributed by atoms with van der Waals surface area (Å²) in [5, 5.41) is 13.6. The Labute approximate surface area is 110 Å². The van der Waals surface area contributed by atoms with Crippen LogP contribution in [0.25, 0.3) is 10.8 Å². The van der Waals surface area contributed by atoms with Crippen molar-refractivity contribution >= 4 is 11.3 Å². The van der Waals surface area contributed by atoms with Crippen molar-refractivity contribution in [3.8, 4) is 10.8 Å². The Kier molecular flexibility index (Phi) is 3.68. The lowest BCUT2D eigenvalue weighted by Gasteiger charge is -2.16. The highest BCUT2D eigenvalue weighted by Crippen LogP contribution is 2.23. The molecule has 0 amide bonds. The van der Waals surface area contributed by atoms with E-state index >= 15 is 0 Å². The van der Waals surface area contributed by atoms with Crippen molar-refractivity contribution in [3.05, 3.63) is 23.4 Å². The normalized spacial score (nSPS) is 17.8. The van der Waals surface area contributed by atoms with Crippen molar-refractivity contribution in [2.45, 2.75) is 13.0 Å². The molecule has 1 aliphatic rings. The molecule has 18 heavy (non-hydrogen) atoms. The van der Waals surface area contributed by atoms with Gasteiger partial charge in [0.2, 0.25) is 5.89 Å². The van der Waals surface area contributed by atoms with Crippen molar-refractivity contribution in [1.82, 2.24) is 20.4 Å². The zero-order valence-corrected chi connectivity index (χ0v) is 10.9. The van der Waals surface area contributed by atoms with E-state index in [0.717, 1.165) is 37.6 Å². The predicted molar refractivity (Wildman–Crippen MR) is 70.4 cm³/mol. The first-order chi connectivity index (χ1) is 8.92. The van der Waals surface area contributed by atoms with Gasteiger partial charge >= 0.3 is 0 Å². The molecule has 0 saturated carbocycles. The first-order valence-electron chi connectivity index (χ1n) is 6.21. The van der Waals surface area contributed by atoms with Crippen LogP contribution >= 0.6 is 11.3 Å². The van der Waals surface area contributed by atoms with Gasteiger partial charge in [-0.15, -0.1) is 21.5 Å². The Morgan fingerprint density at radius 1 is 1.33 bits per heavy atom. The SMILES string of the molecule is c1csc(-c2nnc(CN3CCCNCC3)o2)c1. The van der Waals surface area contributed by atoms with Gasteiger partial charge in [-0.25, -0.2) is 0 Å². The van der Waals surface area contributed by atoms with Crippen molar-refractivity contribution < 1.29 is 4.42 Å². The van der Waals surface area contributed by atoms with E-state index in [4.69, 9.17) is 4.42 Å². The minimum absolute atomic E-state index is 0.632. The van der Waals surface area contributed by atoms with Crippen LogP contribution in [-0.2, 0) is 6.54 Å². The largest absolute Gasteiger partial charge is 0.419 e. The summed E-state index contributed by atoms with van der Waals surface area (Å²) < 4.78 is 5.70. The van der Waals surface area contributed by atoms with Crippen molar-refractivity contribution in [3.63, 3.8) is 0 Å². The molecule has 1 N–H and O–H groups in total. The highest BCUT2D eigenvalue weighted by atomic mass is 32.1. The van der Waals surface area contributed by atoms with E-state index in [0.29, 0.717) is 11.8 Å². The molecule has 0 spiro atoms. The minimum Gasteiger partial charge on any atom is -0.419 e. The zero-order chi connectivity index (χ0) is 12.2. The second kappa shape index (κ2) is 5.60. The summed E-state index contributed by atoms with van der Waals surface area (Å²) in [6.07, 6.45) is 1.17. The fourth-order valence-corrected chi connectivity index (χ4v) is 2.71. The summed E-state index contributed by atoms with van der Waals surface area (Å²) in [5.74, 6) is 1.34. The number of nitrogens with zero attached hydrogens (tertiary/aromatic N) is 3. The van der Waals surface area contributed by atoms with Gasteiger partial charge in [-0.2, -0.15) is 0 Å². The van der Waals surface area contributed by atoms with Crippen LogP contribution in [0.1, 0.15) is 12.3 Å². The van der Waals surface area contributed by atoms with Crippen molar-refractivity contribution in [2.75, 3.05) is 26.2 Å². The molecule has 1 aliphatic heterocycles. The highest BCUT2D eigenvalue weighted by molar-refractivity contribution is 7.13. The van der Waals surface area contributed by atoms with Crippen molar-refractivity contribution in [1.29, 1.82) is 0 Å². The van der Waals surface area contributed by atoms with Gasteiger partial charge in [-0.1, -0.05) is 6.07 Å². The zero-order valence-electron chi connectivity index (χ0n) is 10.1. The molecular formula is C12H16N4OS. The van der Waals surface area contributed by atoms with Crippen LogP contribution in [0.4, 0.5) is 0 Å². The molecule has 0 aromatic carbocycles. The van der Waals surface area contributed by atoms with E-state index < -0.39 is 0 Å². The Bertz CT molecular complexity index is 474. The summed E-state index contributed by atoms with van der Waals surface area (Å²) in [4.78, 5) is 3.39. The standard InChI is InChI=1S/C12H16N4OS/c1-3-10(18-8-1)12-15-14-11(17-12)9-16-6-2-4-13-5-7-16/h1,3,8,13H,2,4-7,9H2. The van der Waals surface area contributed by atoms with Crippen LogP contribution < -0.4 is 5.32 Å². The maximum absolute atomic E-state index is 5.70. The molecule has 2 aromatic heterocycles. The molecule has 0 bridgehead atoms. The average Bonchev–Trinajstić information content (AvgIpc) is 2.98. The summed E-state index contributed by atoms with van der Waals surface area (Å²) in [6.45, 7) is 5.01. The summed E-state index contributed by atoms with van der Waals surface area (Å²) >= 11 is 1.62. The number of nitrogens with one attached hydrogen (secondary N) is 1. The summed E-state index contributed by atoms with van der Waals surface area (Å²) in [7, 11) is 0. The van der Waals surface area contributed by atoms with Gasteiger partial charge in [-0.3, -0.25) is 4.90 Å².